The molecule has 2 aromatic carbocycles. The quantitative estimate of drug-likeness (QED) is 0.731. The third kappa shape index (κ3) is 2.90. The first-order chi connectivity index (χ1) is 10.1. The molecule has 4 heteroatoms. The lowest BCUT2D eigenvalue weighted by Crippen LogP contribution is -2.11. The highest BCUT2D eigenvalue weighted by Gasteiger charge is 2.09. The van der Waals surface area contributed by atoms with Crippen molar-refractivity contribution in [1.82, 2.24) is 9.97 Å². The predicted molar refractivity (Wildman–Crippen MR) is 91.2 cm³/mol. The maximum atomic E-state index is 4.63. The first kappa shape index (κ1) is 14.0. The molecule has 3 rings (SSSR count). The normalized spacial score (nSPS) is 11.0. The van der Waals surface area contributed by atoms with Gasteiger partial charge in [-0.15, -0.1) is 0 Å². The van der Waals surface area contributed by atoms with Gasteiger partial charge in [0.2, 0.25) is 0 Å². The van der Waals surface area contributed by atoms with Crippen molar-refractivity contribution in [1.29, 1.82) is 0 Å². The van der Waals surface area contributed by atoms with Crippen LogP contribution in [0.2, 0.25) is 0 Å². The number of hydrogen-bond donors (Lipinski definition) is 1. The number of hydrogen-bond acceptors (Lipinski definition) is 3. The number of nitrogens with zero attached hydrogens (tertiary/aromatic N) is 2. The highest BCUT2D eigenvalue weighted by atomic mass is 32.2. The predicted octanol–water partition coefficient (Wildman–Crippen LogP) is 4.23. The lowest BCUT2D eigenvalue weighted by molar-refractivity contribution is 1.07. The Morgan fingerprint density at radius 2 is 1.90 bits per heavy atom. The molecule has 0 aliphatic rings. The van der Waals surface area contributed by atoms with Crippen LogP contribution >= 0.6 is 11.8 Å². The van der Waals surface area contributed by atoms with E-state index >= 15 is 0 Å². The van der Waals surface area contributed by atoms with E-state index in [1.54, 1.807) is 11.8 Å². The molecule has 0 fully saturated rings. The van der Waals surface area contributed by atoms with Gasteiger partial charge in [-0.05, 0) is 36.2 Å². The lowest BCUT2D eigenvalue weighted by atomic mass is 10.1. The minimum atomic E-state index is 0.917. The Balaban J connectivity index is 1.84. The smallest absolute Gasteiger partial charge is 0.166 e. The van der Waals surface area contributed by atoms with Gasteiger partial charge in [0, 0.05) is 25.5 Å². The summed E-state index contributed by atoms with van der Waals surface area (Å²) < 4.78 is 0. The third-order valence-corrected chi connectivity index (χ3v) is 4.49. The van der Waals surface area contributed by atoms with E-state index in [1.807, 2.05) is 18.2 Å². The molecule has 21 heavy (non-hydrogen) atoms. The standard InChI is InChI=1S/C17H19N3S/c1-12-7-6-10-16(20(2)3)13(12)11-21-17-18-14-8-4-5-9-15(14)19-17/h4-10H,11H2,1-3H3,(H,18,19). The number of fused-ring (bicyclic) bond motifs is 1. The van der Waals surface area contributed by atoms with Crippen molar-refractivity contribution >= 4 is 28.5 Å². The van der Waals surface area contributed by atoms with Crippen molar-refractivity contribution in [3.05, 3.63) is 53.6 Å². The van der Waals surface area contributed by atoms with Gasteiger partial charge in [0.15, 0.2) is 5.16 Å². The van der Waals surface area contributed by atoms with E-state index in [0.717, 1.165) is 21.9 Å². The summed E-state index contributed by atoms with van der Waals surface area (Å²) in [6.45, 7) is 2.17. The van der Waals surface area contributed by atoms with Crippen LogP contribution in [0, 0.1) is 6.92 Å². The summed E-state index contributed by atoms with van der Waals surface area (Å²) in [6.07, 6.45) is 0. The van der Waals surface area contributed by atoms with Gasteiger partial charge < -0.3 is 9.88 Å². The van der Waals surface area contributed by atoms with Crippen molar-refractivity contribution in [2.75, 3.05) is 19.0 Å². The number of aromatic amines is 1. The van der Waals surface area contributed by atoms with Gasteiger partial charge in [-0.25, -0.2) is 4.98 Å². The van der Waals surface area contributed by atoms with Gasteiger partial charge in [0.1, 0.15) is 0 Å². The average Bonchev–Trinajstić information content (AvgIpc) is 2.88. The van der Waals surface area contributed by atoms with Crippen LogP contribution in [0.4, 0.5) is 5.69 Å². The summed E-state index contributed by atoms with van der Waals surface area (Å²) >= 11 is 1.75. The summed E-state index contributed by atoms with van der Waals surface area (Å²) in [6, 6.07) is 14.6. The number of H-pyrrole nitrogens is 1. The monoisotopic (exact) mass is 297 g/mol. The zero-order valence-corrected chi connectivity index (χ0v) is 13.4. The fourth-order valence-electron chi connectivity index (χ4n) is 2.43. The van der Waals surface area contributed by atoms with E-state index in [4.69, 9.17) is 0 Å². The second kappa shape index (κ2) is 5.82. The second-order valence-corrected chi connectivity index (χ2v) is 6.28. The van der Waals surface area contributed by atoms with Crippen LogP contribution in [-0.4, -0.2) is 24.1 Å². The molecule has 0 unspecified atom stereocenters. The zero-order chi connectivity index (χ0) is 14.8. The number of aromatic nitrogens is 2. The van der Waals surface area contributed by atoms with Crippen LogP contribution in [0.25, 0.3) is 11.0 Å². The van der Waals surface area contributed by atoms with Gasteiger partial charge in [-0.1, -0.05) is 36.0 Å². The summed E-state index contributed by atoms with van der Waals surface area (Å²) in [5.74, 6) is 0.917. The van der Waals surface area contributed by atoms with Gasteiger partial charge in [-0.3, -0.25) is 0 Å². The molecule has 3 aromatic rings. The fraction of sp³-hybridized carbons (Fsp3) is 0.235. The number of thioether (sulfide) groups is 1. The topological polar surface area (TPSA) is 31.9 Å². The molecule has 0 amide bonds. The van der Waals surface area contributed by atoms with Crippen molar-refractivity contribution < 1.29 is 0 Å². The van der Waals surface area contributed by atoms with E-state index < -0.39 is 0 Å². The van der Waals surface area contributed by atoms with Crippen LogP contribution in [0.5, 0.6) is 0 Å². The van der Waals surface area contributed by atoms with Crippen molar-refractivity contribution in [2.45, 2.75) is 17.8 Å². The number of imidazole rings is 1. The number of benzene rings is 2. The first-order valence-corrected chi connectivity index (χ1v) is 7.97. The Morgan fingerprint density at radius 3 is 2.67 bits per heavy atom. The maximum Gasteiger partial charge on any atom is 0.166 e. The van der Waals surface area contributed by atoms with Gasteiger partial charge in [-0.2, -0.15) is 0 Å². The molecular weight excluding hydrogens is 278 g/mol. The molecule has 0 radical (unpaired) electrons. The number of aryl methyl sites for hydroxylation is 1. The Labute approximate surface area is 129 Å². The number of nitrogens with one attached hydrogen (secondary N) is 1. The molecule has 1 aromatic heterocycles. The minimum Gasteiger partial charge on any atom is -0.377 e. The molecule has 0 aliphatic carbocycles. The lowest BCUT2D eigenvalue weighted by Gasteiger charge is -2.18. The van der Waals surface area contributed by atoms with Crippen molar-refractivity contribution in [3.8, 4) is 0 Å². The molecule has 108 valence electrons. The molecule has 0 aliphatic heterocycles. The van der Waals surface area contributed by atoms with E-state index in [2.05, 4.69) is 60.2 Å². The molecule has 0 spiro atoms. The highest BCUT2D eigenvalue weighted by molar-refractivity contribution is 7.98. The van der Waals surface area contributed by atoms with E-state index in [9.17, 15) is 0 Å². The largest absolute Gasteiger partial charge is 0.377 e. The van der Waals surface area contributed by atoms with E-state index in [0.29, 0.717) is 0 Å². The molecule has 0 bridgehead atoms. The van der Waals surface area contributed by atoms with E-state index in [1.165, 1.54) is 16.8 Å². The first-order valence-electron chi connectivity index (χ1n) is 6.98. The van der Waals surface area contributed by atoms with Gasteiger partial charge in [0.25, 0.3) is 0 Å². The third-order valence-electron chi connectivity index (χ3n) is 3.59. The number of rotatable bonds is 4. The Morgan fingerprint density at radius 1 is 1.10 bits per heavy atom. The Kier molecular flexibility index (Phi) is 3.88. The second-order valence-electron chi connectivity index (χ2n) is 5.31. The summed E-state index contributed by atoms with van der Waals surface area (Å²) in [5, 5.41) is 0.976. The van der Waals surface area contributed by atoms with Crippen LogP contribution in [0.3, 0.4) is 0 Å². The fourth-order valence-corrected chi connectivity index (χ4v) is 3.43. The molecule has 0 saturated heterocycles. The van der Waals surface area contributed by atoms with Gasteiger partial charge in [0.05, 0.1) is 11.0 Å². The average molecular weight is 297 g/mol. The van der Waals surface area contributed by atoms with Crippen LogP contribution in [0.15, 0.2) is 47.6 Å². The SMILES string of the molecule is Cc1cccc(N(C)C)c1CSc1nc2ccccc2[nH]1. The number of anilines is 1. The zero-order valence-electron chi connectivity index (χ0n) is 12.6. The van der Waals surface area contributed by atoms with Crippen LogP contribution in [-0.2, 0) is 5.75 Å². The van der Waals surface area contributed by atoms with Crippen LogP contribution < -0.4 is 4.90 Å². The van der Waals surface area contributed by atoms with Crippen LogP contribution in [0.1, 0.15) is 11.1 Å². The Hall–Kier alpha value is -1.94. The van der Waals surface area contributed by atoms with Crippen molar-refractivity contribution in [3.63, 3.8) is 0 Å². The Bertz CT molecular complexity index is 729. The highest BCUT2D eigenvalue weighted by Crippen LogP contribution is 2.29. The van der Waals surface area contributed by atoms with Crippen molar-refractivity contribution in [2.24, 2.45) is 0 Å². The molecule has 1 N–H and O–H groups in total. The van der Waals surface area contributed by atoms with E-state index in [-0.39, 0.29) is 0 Å². The molecular formula is C17H19N3S. The minimum absolute atomic E-state index is 0.917. The van der Waals surface area contributed by atoms with Gasteiger partial charge >= 0.3 is 0 Å². The molecule has 0 atom stereocenters. The molecule has 0 saturated carbocycles. The molecule has 3 nitrogen and oxygen atoms in total. The summed E-state index contributed by atoms with van der Waals surface area (Å²) in [7, 11) is 4.17. The maximum absolute atomic E-state index is 4.63. The summed E-state index contributed by atoms with van der Waals surface area (Å²) in [5.41, 5.74) is 6.09. The molecule has 1 heterocycles. The summed E-state index contributed by atoms with van der Waals surface area (Å²) in [4.78, 5) is 10.2. The number of para-hydroxylation sites is 2.